The van der Waals surface area contributed by atoms with Gasteiger partial charge in [-0.05, 0) is 31.0 Å². The van der Waals surface area contributed by atoms with Gasteiger partial charge in [0.15, 0.2) is 0 Å². The summed E-state index contributed by atoms with van der Waals surface area (Å²) in [5.74, 6) is -0.363. The monoisotopic (exact) mass is 253 g/mol. The lowest BCUT2D eigenvalue weighted by atomic mass is 10.0. The molecule has 98 valence electrons. The maximum Gasteiger partial charge on any atom is 0.305 e. The maximum atomic E-state index is 11.1. The lowest BCUT2D eigenvalue weighted by molar-refractivity contribution is -0.384. The van der Waals surface area contributed by atoms with Gasteiger partial charge in [0.05, 0.1) is 17.6 Å². The molecular formula is C12H15NO5. The molecule has 0 aliphatic carbocycles. The van der Waals surface area contributed by atoms with Crippen LogP contribution in [-0.2, 0) is 9.53 Å². The molecule has 0 aliphatic rings. The standard InChI is InChI=1S/C12H15NO5/c1-2-18-12(15)8-7-11(14)9-3-5-10(6-4-9)13(16)17/h3-6,11,14H,2,7-8H2,1H3. The average molecular weight is 253 g/mol. The molecule has 6 heteroatoms. The molecule has 0 aliphatic heterocycles. The number of hydrogen-bond acceptors (Lipinski definition) is 5. The Morgan fingerprint density at radius 2 is 2.06 bits per heavy atom. The summed E-state index contributed by atoms with van der Waals surface area (Å²) in [6, 6.07) is 5.60. The first kappa shape index (κ1) is 14.1. The zero-order valence-corrected chi connectivity index (χ0v) is 10.0. The highest BCUT2D eigenvalue weighted by atomic mass is 16.6. The van der Waals surface area contributed by atoms with E-state index >= 15 is 0 Å². The number of esters is 1. The number of aliphatic hydroxyl groups excluding tert-OH is 1. The van der Waals surface area contributed by atoms with Crippen LogP contribution in [0.25, 0.3) is 0 Å². The second-order valence-corrected chi connectivity index (χ2v) is 3.71. The van der Waals surface area contributed by atoms with Gasteiger partial charge in [-0.25, -0.2) is 0 Å². The number of carbonyl (C=O) groups is 1. The van der Waals surface area contributed by atoms with Crippen molar-refractivity contribution in [1.29, 1.82) is 0 Å². The SMILES string of the molecule is CCOC(=O)CCC(O)c1ccc([N+](=O)[O-])cc1. The molecule has 1 unspecified atom stereocenters. The Bertz CT molecular complexity index is 415. The fraction of sp³-hybridized carbons (Fsp3) is 0.417. The Kier molecular flexibility index (Phi) is 5.26. The zero-order valence-electron chi connectivity index (χ0n) is 10.0. The predicted molar refractivity (Wildman–Crippen MR) is 63.9 cm³/mol. The van der Waals surface area contributed by atoms with E-state index in [1.165, 1.54) is 24.3 Å². The number of benzene rings is 1. The molecule has 0 aromatic heterocycles. The van der Waals surface area contributed by atoms with E-state index in [4.69, 9.17) is 4.74 Å². The topological polar surface area (TPSA) is 89.7 Å². The van der Waals surface area contributed by atoms with E-state index in [1.807, 2.05) is 0 Å². The summed E-state index contributed by atoms with van der Waals surface area (Å²) in [6.45, 7) is 2.02. The van der Waals surface area contributed by atoms with Crippen LogP contribution < -0.4 is 0 Å². The first-order chi connectivity index (χ1) is 8.54. The highest BCUT2D eigenvalue weighted by molar-refractivity contribution is 5.69. The van der Waals surface area contributed by atoms with E-state index < -0.39 is 11.0 Å². The first-order valence-electron chi connectivity index (χ1n) is 5.62. The number of ether oxygens (including phenoxy) is 1. The van der Waals surface area contributed by atoms with Crippen molar-refractivity contribution in [2.75, 3.05) is 6.61 Å². The molecule has 0 spiro atoms. The molecule has 0 saturated carbocycles. The number of hydrogen-bond donors (Lipinski definition) is 1. The van der Waals surface area contributed by atoms with Gasteiger partial charge in [-0.2, -0.15) is 0 Å². The summed E-state index contributed by atoms with van der Waals surface area (Å²) >= 11 is 0. The van der Waals surface area contributed by atoms with Crippen molar-refractivity contribution in [2.24, 2.45) is 0 Å². The predicted octanol–water partition coefficient (Wildman–Crippen LogP) is 1.97. The largest absolute Gasteiger partial charge is 0.466 e. The van der Waals surface area contributed by atoms with Crippen molar-refractivity contribution in [3.05, 3.63) is 39.9 Å². The molecule has 18 heavy (non-hydrogen) atoms. The first-order valence-corrected chi connectivity index (χ1v) is 5.62. The number of non-ortho nitro benzene ring substituents is 1. The summed E-state index contributed by atoms with van der Waals surface area (Å²) in [6.07, 6.45) is -0.474. The summed E-state index contributed by atoms with van der Waals surface area (Å²) < 4.78 is 4.74. The van der Waals surface area contributed by atoms with Gasteiger partial charge in [0.25, 0.3) is 5.69 Å². The van der Waals surface area contributed by atoms with Crippen LogP contribution in [0.5, 0.6) is 0 Å². The van der Waals surface area contributed by atoms with Gasteiger partial charge < -0.3 is 9.84 Å². The average Bonchev–Trinajstić information content (AvgIpc) is 2.36. The van der Waals surface area contributed by atoms with Crippen LogP contribution in [0.2, 0.25) is 0 Å². The number of nitro benzene ring substituents is 1. The third kappa shape index (κ3) is 4.14. The van der Waals surface area contributed by atoms with Gasteiger partial charge in [0.2, 0.25) is 0 Å². The Hall–Kier alpha value is -1.95. The third-order valence-electron chi connectivity index (χ3n) is 2.42. The van der Waals surface area contributed by atoms with Crippen molar-refractivity contribution in [3.63, 3.8) is 0 Å². The van der Waals surface area contributed by atoms with Crippen LogP contribution >= 0.6 is 0 Å². The summed E-state index contributed by atoms with van der Waals surface area (Å²) in [7, 11) is 0. The van der Waals surface area contributed by atoms with Crippen LogP contribution in [0.3, 0.4) is 0 Å². The lowest BCUT2D eigenvalue weighted by Crippen LogP contribution is -2.07. The molecule has 0 saturated heterocycles. The van der Waals surface area contributed by atoms with E-state index in [2.05, 4.69) is 0 Å². The maximum absolute atomic E-state index is 11.1. The Morgan fingerprint density at radius 1 is 1.44 bits per heavy atom. The van der Waals surface area contributed by atoms with Gasteiger partial charge >= 0.3 is 5.97 Å². The Balaban J connectivity index is 2.53. The zero-order chi connectivity index (χ0) is 13.5. The number of rotatable bonds is 6. The number of carbonyl (C=O) groups excluding carboxylic acids is 1. The minimum Gasteiger partial charge on any atom is -0.466 e. The molecule has 6 nitrogen and oxygen atoms in total. The molecular weight excluding hydrogens is 238 g/mol. The van der Waals surface area contributed by atoms with Crippen molar-refractivity contribution in [3.8, 4) is 0 Å². The molecule has 1 atom stereocenters. The molecule has 1 N–H and O–H groups in total. The van der Waals surface area contributed by atoms with Crippen molar-refractivity contribution in [1.82, 2.24) is 0 Å². The summed E-state index contributed by atoms with van der Waals surface area (Å²) in [5.41, 5.74) is 0.515. The van der Waals surface area contributed by atoms with Gasteiger partial charge in [0, 0.05) is 18.6 Å². The van der Waals surface area contributed by atoms with Crippen molar-refractivity contribution in [2.45, 2.75) is 25.9 Å². The molecule has 1 rings (SSSR count). The molecule has 0 bridgehead atoms. The van der Waals surface area contributed by atoms with Gasteiger partial charge in [-0.1, -0.05) is 0 Å². The molecule has 1 aromatic rings. The van der Waals surface area contributed by atoms with Crippen molar-refractivity contribution >= 4 is 11.7 Å². The van der Waals surface area contributed by atoms with E-state index in [-0.39, 0.29) is 24.5 Å². The Morgan fingerprint density at radius 3 is 2.56 bits per heavy atom. The van der Waals surface area contributed by atoms with Crippen LogP contribution in [0, 0.1) is 10.1 Å². The normalized spacial score (nSPS) is 11.9. The fourth-order valence-corrected chi connectivity index (χ4v) is 1.47. The quantitative estimate of drug-likeness (QED) is 0.475. The fourth-order valence-electron chi connectivity index (χ4n) is 1.47. The molecule has 0 radical (unpaired) electrons. The lowest BCUT2D eigenvalue weighted by Gasteiger charge is -2.10. The molecule has 0 amide bonds. The van der Waals surface area contributed by atoms with Gasteiger partial charge in [-0.15, -0.1) is 0 Å². The van der Waals surface area contributed by atoms with Crippen LogP contribution in [0.4, 0.5) is 5.69 Å². The van der Waals surface area contributed by atoms with E-state index in [0.717, 1.165) is 0 Å². The van der Waals surface area contributed by atoms with Crippen LogP contribution in [0.1, 0.15) is 31.4 Å². The minimum atomic E-state index is -0.824. The highest BCUT2D eigenvalue weighted by Crippen LogP contribution is 2.21. The highest BCUT2D eigenvalue weighted by Gasteiger charge is 2.12. The number of nitrogens with zero attached hydrogens (tertiary/aromatic N) is 1. The second kappa shape index (κ2) is 6.70. The van der Waals surface area contributed by atoms with Crippen LogP contribution in [0.15, 0.2) is 24.3 Å². The van der Waals surface area contributed by atoms with E-state index in [1.54, 1.807) is 6.92 Å². The van der Waals surface area contributed by atoms with Crippen LogP contribution in [-0.4, -0.2) is 22.6 Å². The number of aliphatic hydroxyl groups is 1. The molecule has 1 aromatic carbocycles. The Labute approximate surface area is 104 Å². The van der Waals surface area contributed by atoms with Gasteiger partial charge in [-0.3, -0.25) is 14.9 Å². The second-order valence-electron chi connectivity index (χ2n) is 3.71. The molecule has 0 heterocycles. The third-order valence-corrected chi connectivity index (χ3v) is 2.42. The van der Waals surface area contributed by atoms with Gasteiger partial charge in [0.1, 0.15) is 0 Å². The molecule has 0 fully saturated rings. The summed E-state index contributed by atoms with van der Waals surface area (Å²) in [4.78, 5) is 21.0. The van der Waals surface area contributed by atoms with E-state index in [0.29, 0.717) is 12.2 Å². The minimum absolute atomic E-state index is 0.0312. The smallest absolute Gasteiger partial charge is 0.305 e. The van der Waals surface area contributed by atoms with E-state index in [9.17, 15) is 20.0 Å². The van der Waals surface area contributed by atoms with Crippen molar-refractivity contribution < 1.29 is 19.6 Å². The summed E-state index contributed by atoms with van der Waals surface area (Å²) in [5, 5.41) is 20.2. The number of nitro groups is 1.